The van der Waals surface area contributed by atoms with Crippen molar-refractivity contribution in [2.45, 2.75) is 25.6 Å². The van der Waals surface area contributed by atoms with Crippen LogP contribution in [0.25, 0.3) is 0 Å². The Morgan fingerprint density at radius 2 is 2.11 bits per heavy atom. The molecule has 0 aromatic heterocycles. The zero-order valence-electron chi connectivity index (χ0n) is 10.7. The van der Waals surface area contributed by atoms with E-state index in [2.05, 4.69) is 0 Å². The number of methoxy groups -OCH3 is 1. The number of amides is 1. The van der Waals surface area contributed by atoms with Crippen LogP contribution in [0.2, 0.25) is 0 Å². The topological polar surface area (TPSA) is 76.1 Å². The Kier molecular flexibility index (Phi) is 3.87. The Labute approximate surface area is 106 Å². The Morgan fingerprint density at radius 3 is 2.67 bits per heavy atom. The number of carbonyl (C=O) groups excluding carboxylic acids is 1. The van der Waals surface area contributed by atoms with Crippen LogP contribution in [0, 0.1) is 11.8 Å². The summed E-state index contributed by atoms with van der Waals surface area (Å²) in [5, 5.41) is 8.84. The van der Waals surface area contributed by atoms with Gasteiger partial charge in [0.1, 0.15) is 0 Å². The number of rotatable bonds is 4. The van der Waals surface area contributed by atoms with Crippen molar-refractivity contribution in [2.75, 3.05) is 26.8 Å². The van der Waals surface area contributed by atoms with Crippen molar-refractivity contribution < 1.29 is 24.2 Å². The number of morpholine rings is 1. The number of carboxylic acids is 1. The molecule has 0 aromatic rings. The largest absolute Gasteiger partial charge is 0.481 e. The van der Waals surface area contributed by atoms with Gasteiger partial charge in [0.2, 0.25) is 5.91 Å². The van der Waals surface area contributed by atoms with Crippen LogP contribution >= 0.6 is 0 Å². The number of nitrogens with zero attached hydrogens (tertiary/aromatic N) is 1. The van der Waals surface area contributed by atoms with E-state index in [4.69, 9.17) is 14.6 Å². The molecule has 1 N–H and O–H groups in total. The van der Waals surface area contributed by atoms with Gasteiger partial charge in [-0.05, 0) is 13.3 Å². The third-order valence-electron chi connectivity index (χ3n) is 3.42. The Morgan fingerprint density at radius 1 is 1.39 bits per heavy atom. The molecule has 1 saturated carbocycles. The summed E-state index contributed by atoms with van der Waals surface area (Å²) in [6.45, 7) is 3.37. The van der Waals surface area contributed by atoms with E-state index in [1.807, 2.05) is 6.92 Å². The van der Waals surface area contributed by atoms with E-state index >= 15 is 0 Å². The second kappa shape index (κ2) is 5.24. The maximum Gasteiger partial charge on any atom is 0.307 e. The molecule has 18 heavy (non-hydrogen) atoms. The number of hydrogen-bond donors (Lipinski definition) is 1. The molecule has 1 heterocycles. The Bertz CT molecular complexity index is 345. The van der Waals surface area contributed by atoms with Crippen molar-refractivity contribution in [2.24, 2.45) is 11.8 Å². The molecule has 2 rings (SSSR count). The molecule has 4 atom stereocenters. The summed E-state index contributed by atoms with van der Waals surface area (Å²) in [5.41, 5.74) is 0. The zero-order chi connectivity index (χ0) is 13.3. The summed E-state index contributed by atoms with van der Waals surface area (Å²) in [6, 6.07) is 0. The highest BCUT2D eigenvalue weighted by Crippen LogP contribution is 2.40. The van der Waals surface area contributed by atoms with Crippen LogP contribution in [0.15, 0.2) is 0 Å². The number of hydrogen-bond acceptors (Lipinski definition) is 4. The van der Waals surface area contributed by atoms with E-state index in [0.717, 1.165) is 0 Å². The van der Waals surface area contributed by atoms with Crippen LogP contribution in [0.5, 0.6) is 0 Å². The van der Waals surface area contributed by atoms with Crippen molar-refractivity contribution >= 4 is 11.9 Å². The minimum atomic E-state index is -0.872. The first-order valence-electron chi connectivity index (χ1n) is 6.19. The minimum Gasteiger partial charge on any atom is -0.481 e. The van der Waals surface area contributed by atoms with E-state index in [0.29, 0.717) is 26.1 Å². The second-order valence-electron chi connectivity index (χ2n) is 5.05. The first-order valence-corrected chi connectivity index (χ1v) is 6.19. The monoisotopic (exact) mass is 257 g/mol. The molecule has 0 aromatic carbocycles. The van der Waals surface area contributed by atoms with Crippen LogP contribution in [0.4, 0.5) is 0 Å². The van der Waals surface area contributed by atoms with E-state index in [1.54, 1.807) is 12.0 Å². The van der Waals surface area contributed by atoms with E-state index in [1.165, 1.54) is 0 Å². The van der Waals surface area contributed by atoms with Gasteiger partial charge in [-0.15, -0.1) is 0 Å². The molecule has 2 aliphatic rings. The molecule has 6 nitrogen and oxygen atoms in total. The van der Waals surface area contributed by atoms with Crippen molar-refractivity contribution in [3.8, 4) is 0 Å². The summed E-state index contributed by atoms with van der Waals surface area (Å²) in [6.07, 6.45) is 0.309. The fraction of sp³-hybridized carbons (Fsp3) is 0.833. The number of aliphatic carboxylic acids is 1. The molecule has 1 aliphatic heterocycles. The van der Waals surface area contributed by atoms with Crippen molar-refractivity contribution in [3.05, 3.63) is 0 Å². The molecular weight excluding hydrogens is 238 g/mol. The molecule has 4 unspecified atom stereocenters. The van der Waals surface area contributed by atoms with E-state index < -0.39 is 11.9 Å². The lowest BCUT2D eigenvalue weighted by Crippen LogP contribution is -2.51. The molecule has 1 saturated heterocycles. The van der Waals surface area contributed by atoms with Crippen molar-refractivity contribution in [3.63, 3.8) is 0 Å². The number of ether oxygens (including phenoxy) is 2. The summed E-state index contributed by atoms with van der Waals surface area (Å²) < 4.78 is 10.7. The standard InChI is InChI=1S/C12H19NO5/c1-7-4-13(5-8(18-7)6-17-2)11(14)9-3-10(9)12(15)16/h7-10H,3-6H2,1-2H3,(H,15,16). The lowest BCUT2D eigenvalue weighted by Gasteiger charge is -2.36. The molecule has 102 valence electrons. The molecule has 0 radical (unpaired) electrons. The SMILES string of the molecule is COCC1CN(C(=O)C2CC2C(=O)O)CC(C)O1. The van der Waals surface area contributed by atoms with Crippen LogP contribution in [0.1, 0.15) is 13.3 Å². The number of carboxylic acid groups (broad SMARTS) is 1. The van der Waals surface area contributed by atoms with Gasteiger partial charge in [-0.1, -0.05) is 0 Å². The van der Waals surface area contributed by atoms with Gasteiger partial charge in [-0.2, -0.15) is 0 Å². The van der Waals surface area contributed by atoms with Crippen LogP contribution in [0.3, 0.4) is 0 Å². The highest BCUT2D eigenvalue weighted by atomic mass is 16.5. The van der Waals surface area contributed by atoms with Gasteiger partial charge in [-0.25, -0.2) is 0 Å². The van der Waals surface area contributed by atoms with E-state index in [9.17, 15) is 9.59 Å². The quantitative estimate of drug-likeness (QED) is 0.765. The fourth-order valence-electron chi connectivity index (χ4n) is 2.48. The van der Waals surface area contributed by atoms with Crippen molar-refractivity contribution in [1.29, 1.82) is 0 Å². The second-order valence-corrected chi connectivity index (χ2v) is 5.05. The summed E-state index contributed by atoms with van der Waals surface area (Å²) >= 11 is 0. The van der Waals surface area contributed by atoms with E-state index in [-0.39, 0.29) is 24.0 Å². The maximum absolute atomic E-state index is 12.1. The molecule has 6 heteroatoms. The van der Waals surface area contributed by atoms with Gasteiger partial charge < -0.3 is 19.5 Å². The molecule has 0 bridgehead atoms. The average Bonchev–Trinajstić information content (AvgIpc) is 3.07. The lowest BCUT2D eigenvalue weighted by atomic mass is 10.2. The average molecular weight is 257 g/mol. The van der Waals surface area contributed by atoms with Crippen LogP contribution in [-0.2, 0) is 19.1 Å². The third kappa shape index (κ3) is 2.81. The zero-order valence-corrected chi connectivity index (χ0v) is 10.7. The molecule has 1 aliphatic carbocycles. The van der Waals surface area contributed by atoms with Crippen molar-refractivity contribution in [1.82, 2.24) is 4.90 Å². The van der Waals surface area contributed by atoms with Gasteiger partial charge in [0.05, 0.1) is 30.7 Å². The number of carbonyl (C=O) groups is 2. The fourth-order valence-corrected chi connectivity index (χ4v) is 2.48. The lowest BCUT2D eigenvalue weighted by molar-refractivity contribution is -0.151. The van der Waals surface area contributed by atoms with Gasteiger partial charge in [-0.3, -0.25) is 9.59 Å². The summed E-state index contributed by atoms with van der Waals surface area (Å²) in [4.78, 5) is 24.6. The van der Waals surface area contributed by atoms with Crippen LogP contribution in [-0.4, -0.2) is 60.9 Å². The van der Waals surface area contributed by atoms with Gasteiger partial charge in [0.15, 0.2) is 0 Å². The van der Waals surface area contributed by atoms with Gasteiger partial charge in [0.25, 0.3) is 0 Å². The minimum absolute atomic E-state index is 0.0371. The maximum atomic E-state index is 12.1. The highest BCUT2D eigenvalue weighted by Gasteiger charge is 2.50. The third-order valence-corrected chi connectivity index (χ3v) is 3.42. The van der Waals surface area contributed by atoms with Gasteiger partial charge in [0, 0.05) is 20.2 Å². The molecule has 2 fully saturated rings. The van der Waals surface area contributed by atoms with Crippen LogP contribution < -0.4 is 0 Å². The first-order chi connectivity index (χ1) is 8.52. The predicted octanol–water partition coefficient (Wildman–Crippen LogP) is -0.0306. The molecular formula is C12H19NO5. The normalized spacial score (nSPS) is 35.3. The Hall–Kier alpha value is -1.14. The molecule has 1 amide bonds. The van der Waals surface area contributed by atoms with Gasteiger partial charge >= 0.3 is 5.97 Å². The molecule has 0 spiro atoms. The smallest absolute Gasteiger partial charge is 0.307 e. The summed E-state index contributed by atoms with van der Waals surface area (Å²) in [5.74, 6) is -1.76. The summed E-state index contributed by atoms with van der Waals surface area (Å²) in [7, 11) is 1.59. The first kappa shape index (κ1) is 13.3. The Balaban J connectivity index is 1.92. The predicted molar refractivity (Wildman–Crippen MR) is 62.0 cm³/mol. The highest BCUT2D eigenvalue weighted by molar-refractivity contribution is 5.89.